The smallest absolute Gasteiger partial charge is 0.308 e. The summed E-state index contributed by atoms with van der Waals surface area (Å²) in [5, 5.41) is 20.0. The summed E-state index contributed by atoms with van der Waals surface area (Å²) >= 11 is 0. The van der Waals surface area contributed by atoms with Crippen LogP contribution in [-0.2, 0) is 44.6 Å². The maximum absolute atomic E-state index is 13.2. The van der Waals surface area contributed by atoms with E-state index in [9.17, 15) is 29.1 Å². The number of carbonyl (C=O) groups is 5. The lowest BCUT2D eigenvalue weighted by Gasteiger charge is -2.29. The molecule has 4 amide bonds. The van der Waals surface area contributed by atoms with Crippen LogP contribution in [-0.4, -0.2) is 85.0 Å². The van der Waals surface area contributed by atoms with Crippen LogP contribution in [0.5, 0.6) is 5.75 Å². The number of hydrogen-bond acceptors (Lipinski definition) is 9. The van der Waals surface area contributed by atoms with Crippen molar-refractivity contribution in [2.24, 2.45) is 5.92 Å². The van der Waals surface area contributed by atoms with Gasteiger partial charge in [0.05, 0.1) is 12.5 Å². The number of phenols is 1. The number of benzene rings is 1. The van der Waals surface area contributed by atoms with E-state index in [1.165, 1.54) is 40.2 Å². The SMILES string of the molecule is COC(OC)[C@H](CC(=O)OC(C)(C)C)NC(=O)[C@H](C)NC(=O)[C@@H](NC(=O)[C@@H](Cc1ccc(O)cc1)NC(C)=O)C(C)C. The Hall–Kier alpha value is -3.71. The third kappa shape index (κ3) is 12.9. The van der Waals surface area contributed by atoms with E-state index < -0.39 is 65.7 Å². The number of hydrogen-bond donors (Lipinski definition) is 5. The Balaban J connectivity index is 2.97. The molecule has 1 aromatic rings. The van der Waals surface area contributed by atoms with Gasteiger partial charge in [-0.2, -0.15) is 0 Å². The van der Waals surface area contributed by atoms with Crippen LogP contribution in [0.3, 0.4) is 0 Å². The fourth-order valence-electron chi connectivity index (χ4n) is 3.99. The van der Waals surface area contributed by atoms with E-state index in [4.69, 9.17) is 14.2 Å². The van der Waals surface area contributed by atoms with Gasteiger partial charge in [-0.25, -0.2) is 0 Å². The van der Waals surface area contributed by atoms with Crippen molar-refractivity contribution in [2.75, 3.05) is 14.2 Å². The van der Waals surface area contributed by atoms with Crippen LogP contribution in [0.25, 0.3) is 0 Å². The average Bonchev–Trinajstić information content (AvgIpc) is 2.86. The molecule has 0 aliphatic rings. The van der Waals surface area contributed by atoms with Gasteiger partial charge in [-0.1, -0.05) is 26.0 Å². The molecule has 0 aromatic heterocycles. The van der Waals surface area contributed by atoms with Gasteiger partial charge in [0, 0.05) is 27.6 Å². The predicted octanol–water partition coefficient (Wildman–Crippen LogP) is 0.920. The second-order valence-corrected chi connectivity index (χ2v) is 11.3. The van der Waals surface area contributed by atoms with Gasteiger partial charge in [0.2, 0.25) is 23.6 Å². The molecule has 13 heteroatoms. The molecule has 0 heterocycles. The molecule has 1 aromatic carbocycles. The fraction of sp³-hybridized carbons (Fsp3) is 0.621. The number of phenolic OH excluding ortho intramolecular Hbond substituents is 1. The minimum Gasteiger partial charge on any atom is -0.508 e. The Morgan fingerprint density at radius 2 is 1.40 bits per heavy atom. The van der Waals surface area contributed by atoms with E-state index in [1.54, 1.807) is 46.8 Å². The number of methoxy groups -OCH3 is 2. The Morgan fingerprint density at radius 1 is 0.833 bits per heavy atom. The summed E-state index contributed by atoms with van der Waals surface area (Å²) in [6, 6.07) is 2.18. The number of aromatic hydroxyl groups is 1. The molecule has 13 nitrogen and oxygen atoms in total. The second kappa shape index (κ2) is 16.7. The highest BCUT2D eigenvalue weighted by Gasteiger charge is 2.33. The summed E-state index contributed by atoms with van der Waals surface area (Å²) < 4.78 is 15.8. The summed E-state index contributed by atoms with van der Waals surface area (Å²) in [5.41, 5.74) is -0.0501. The summed E-state index contributed by atoms with van der Waals surface area (Å²) in [7, 11) is 2.72. The molecule has 236 valence electrons. The number of nitrogens with one attached hydrogen (secondary N) is 4. The molecule has 0 aliphatic heterocycles. The van der Waals surface area contributed by atoms with Gasteiger partial charge in [-0.05, 0) is 51.3 Å². The molecule has 0 unspecified atom stereocenters. The highest BCUT2D eigenvalue weighted by Crippen LogP contribution is 2.14. The van der Waals surface area contributed by atoms with Gasteiger partial charge in [0.15, 0.2) is 6.29 Å². The third-order valence-corrected chi connectivity index (χ3v) is 6.00. The van der Waals surface area contributed by atoms with Gasteiger partial charge in [-0.15, -0.1) is 0 Å². The van der Waals surface area contributed by atoms with Gasteiger partial charge in [0.1, 0.15) is 29.5 Å². The quantitative estimate of drug-likeness (QED) is 0.146. The van der Waals surface area contributed by atoms with E-state index >= 15 is 0 Å². The van der Waals surface area contributed by atoms with Gasteiger partial charge >= 0.3 is 5.97 Å². The zero-order valence-electron chi connectivity index (χ0n) is 25.9. The summed E-state index contributed by atoms with van der Waals surface area (Å²) in [4.78, 5) is 63.6. The maximum Gasteiger partial charge on any atom is 0.308 e. The molecule has 0 radical (unpaired) electrons. The first-order chi connectivity index (χ1) is 19.5. The highest BCUT2D eigenvalue weighted by molar-refractivity contribution is 5.94. The minimum atomic E-state index is -1.06. The molecule has 0 aliphatic carbocycles. The van der Waals surface area contributed by atoms with Gasteiger partial charge in [0.25, 0.3) is 0 Å². The van der Waals surface area contributed by atoms with Crippen LogP contribution in [0.1, 0.15) is 60.5 Å². The van der Waals surface area contributed by atoms with E-state index in [2.05, 4.69) is 21.3 Å². The zero-order chi connectivity index (χ0) is 32.2. The Bertz CT molecular complexity index is 1070. The van der Waals surface area contributed by atoms with Crippen molar-refractivity contribution in [2.45, 2.75) is 97.4 Å². The molecule has 5 N–H and O–H groups in total. The predicted molar refractivity (Wildman–Crippen MR) is 154 cm³/mol. The van der Waals surface area contributed by atoms with Gasteiger partial charge < -0.3 is 40.6 Å². The van der Waals surface area contributed by atoms with Crippen LogP contribution in [0.4, 0.5) is 0 Å². The summed E-state index contributed by atoms with van der Waals surface area (Å²) in [6.45, 7) is 11.3. The fourth-order valence-corrected chi connectivity index (χ4v) is 3.99. The normalized spacial score (nSPS) is 14.4. The lowest BCUT2D eigenvalue weighted by atomic mass is 10.0. The number of rotatable bonds is 15. The Morgan fingerprint density at radius 3 is 1.88 bits per heavy atom. The van der Waals surface area contributed by atoms with E-state index in [0.717, 1.165) is 0 Å². The first-order valence-corrected chi connectivity index (χ1v) is 13.7. The first kappa shape index (κ1) is 36.3. The largest absolute Gasteiger partial charge is 0.508 e. The second-order valence-electron chi connectivity index (χ2n) is 11.3. The molecule has 0 fully saturated rings. The molecular weight excluding hydrogens is 548 g/mol. The van der Waals surface area contributed by atoms with E-state index in [0.29, 0.717) is 5.56 Å². The summed E-state index contributed by atoms with van der Waals surface area (Å²) in [5.74, 6) is -3.15. The van der Waals surface area contributed by atoms with Crippen LogP contribution in [0.15, 0.2) is 24.3 Å². The molecule has 0 spiro atoms. The van der Waals surface area contributed by atoms with Crippen molar-refractivity contribution in [3.05, 3.63) is 29.8 Å². The lowest BCUT2D eigenvalue weighted by Crippen LogP contribution is -2.59. The van der Waals surface area contributed by atoms with Crippen LogP contribution in [0, 0.1) is 5.92 Å². The topological polar surface area (TPSA) is 181 Å². The van der Waals surface area contributed by atoms with Crippen molar-refractivity contribution >= 4 is 29.6 Å². The third-order valence-electron chi connectivity index (χ3n) is 6.00. The maximum atomic E-state index is 13.2. The lowest BCUT2D eigenvalue weighted by molar-refractivity contribution is -0.163. The van der Waals surface area contributed by atoms with E-state index in [-0.39, 0.29) is 24.5 Å². The monoisotopic (exact) mass is 594 g/mol. The van der Waals surface area contributed by atoms with E-state index in [1.807, 2.05) is 0 Å². The zero-order valence-corrected chi connectivity index (χ0v) is 25.9. The Kier molecular flexibility index (Phi) is 14.4. The number of ether oxygens (including phenoxy) is 3. The van der Waals surface area contributed by atoms with Crippen molar-refractivity contribution in [3.63, 3.8) is 0 Å². The number of carbonyl (C=O) groups excluding carboxylic acids is 5. The molecule has 0 saturated heterocycles. The standard InChI is InChI=1S/C29H46N4O9/c1-16(2)24(33-26(38)21(31-18(4)34)14-19-10-12-20(35)13-11-19)27(39)30-17(3)25(37)32-22(28(40-8)41-9)15-23(36)42-29(5,6)7/h10-13,16-17,21-22,24,28,35H,14-15H2,1-9H3,(H,30,39)(H,31,34)(H,32,37)(H,33,38)/t17-,21+,22-,24-/m0/s1. The van der Waals surface area contributed by atoms with Crippen molar-refractivity contribution in [1.82, 2.24) is 21.3 Å². The molecule has 0 saturated carbocycles. The molecule has 0 bridgehead atoms. The van der Waals surface area contributed by atoms with Crippen molar-refractivity contribution < 1.29 is 43.3 Å². The van der Waals surface area contributed by atoms with Crippen LogP contribution < -0.4 is 21.3 Å². The molecule has 1 rings (SSSR count). The van der Waals surface area contributed by atoms with Crippen molar-refractivity contribution in [1.29, 1.82) is 0 Å². The van der Waals surface area contributed by atoms with Crippen LogP contribution >= 0.6 is 0 Å². The number of esters is 1. The highest BCUT2D eigenvalue weighted by atomic mass is 16.7. The number of amides is 4. The summed E-state index contributed by atoms with van der Waals surface area (Å²) in [6.07, 6.45) is -1.09. The Labute approximate surface area is 247 Å². The molecule has 42 heavy (non-hydrogen) atoms. The minimum absolute atomic E-state index is 0.0603. The molecule has 4 atom stereocenters. The molecular formula is C29H46N4O9. The first-order valence-electron chi connectivity index (χ1n) is 13.7. The van der Waals surface area contributed by atoms with Crippen LogP contribution in [0.2, 0.25) is 0 Å². The average molecular weight is 595 g/mol. The van der Waals surface area contributed by atoms with Gasteiger partial charge in [-0.3, -0.25) is 24.0 Å². The van der Waals surface area contributed by atoms with Crippen molar-refractivity contribution in [3.8, 4) is 5.75 Å².